The Morgan fingerprint density at radius 3 is 2.29 bits per heavy atom. The highest BCUT2D eigenvalue weighted by Crippen LogP contribution is 2.37. The number of carbonyl (C=O) groups is 1. The lowest BCUT2D eigenvalue weighted by Gasteiger charge is -2.36. The van der Waals surface area contributed by atoms with Gasteiger partial charge in [0.15, 0.2) is 5.84 Å². The van der Waals surface area contributed by atoms with Crippen LogP contribution in [-0.4, -0.2) is 39.7 Å². The number of carbonyl (C=O) groups excluding carboxylic acids is 1. The van der Waals surface area contributed by atoms with Gasteiger partial charge in [-0.3, -0.25) is 4.90 Å². The molecule has 0 heterocycles. The maximum atomic E-state index is 12.6. The van der Waals surface area contributed by atoms with Gasteiger partial charge in [-0.15, -0.1) is 0 Å². The third-order valence-electron chi connectivity index (χ3n) is 4.11. The number of nitrogens with two attached hydrogens (primary N) is 1. The third kappa shape index (κ3) is 4.02. The monoisotopic (exact) mass is 297 g/mol. The predicted octanol–water partition coefficient (Wildman–Crippen LogP) is 2.69. The largest absolute Gasteiger partial charge is 0.444 e. The molecule has 1 amide bonds. The zero-order valence-corrected chi connectivity index (χ0v) is 13.2. The SMILES string of the molecule is CC(C)(C)OC(=O)N(C1CC1)[C@H](C(N)=NO)C1CCCC1. The normalized spacial score (nSPS) is 22.1. The molecular weight excluding hydrogens is 270 g/mol. The van der Waals surface area contributed by atoms with E-state index in [1.165, 1.54) is 0 Å². The van der Waals surface area contributed by atoms with Crippen molar-refractivity contribution >= 4 is 11.9 Å². The van der Waals surface area contributed by atoms with Crippen LogP contribution in [0.2, 0.25) is 0 Å². The van der Waals surface area contributed by atoms with Crippen LogP contribution in [0.1, 0.15) is 59.3 Å². The van der Waals surface area contributed by atoms with Gasteiger partial charge in [-0.25, -0.2) is 4.79 Å². The van der Waals surface area contributed by atoms with Gasteiger partial charge in [-0.2, -0.15) is 0 Å². The molecule has 0 bridgehead atoms. The van der Waals surface area contributed by atoms with Gasteiger partial charge in [-0.05, 0) is 52.4 Å². The molecule has 3 N–H and O–H groups in total. The fourth-order valence-corrected chi connectivity index (χ4v) is 3.10. The Morgan fingerprint density at radius 1 is 1.29 bits per heavy atom. The highest BCUT2D eigenvalue weighted by molar-refractivity contribution is 5.89. The Morgan fingerprint density at radius 2 is 1.86 bits per heavy atom. The number of rotatable bonds is 4. The second-order valence-electron chi connectivity index (χ2n) is 7.13. The highest BCUT2D eigenvalue weighted by atomic mass is 16.6. The van der Waals surface area contributed by atoms with Crippen LogP contribution in [0.25, 0.3) is 0 Å². The fourth-order valence-electron chi connectivity index (χ4n) is 3.10. The van der Waals surface area contributed by atoms with Gasteiger partial charge in [0, 0.05) is 6.04 Å². The minimum atomic E-state index is -0.546. The maximum Gasteiger partial charge on any atom is 0.411 e. The van der Waals surface area contributed by atoms with Crippen molar-refractivity contribution in [3.63, 3.8) is 0 Å². The first-order valence-corrected chi connectivity index (χ1v) is 7.82. The van der Waals surface area contributed by atoms with Crippen LogP contribution in [-0.2, 0) is 4.74 Å². The molecular formula is C15H27N3O3. The summed E-state index contributed by atoms with van der Waals surface area (Å²) in [6.07, 6.45) is 5.84. The van der Waals surface area contributed by atoms with E-state index in [0.717, 1.165) is 38.5 Å². The molecule has 0 unspecified atom stereocenters. The number of hydrogen-bond donors (Lipinski definition) is 2. The minimum absolute atomic E-state index is 0.125. The second kappa shape index (κ2) is 6.12. The zero-order valence-electron chi connectivity index (χ0n) is 13.2. The average Bonchev–Trinajstić information content (AvgIpc) is 3.07. The molecule has 21 heavy (non-hydrogen) atoms. The molecule has 0 aromatic carbocycles. The first-order valence-electron chi connectivity index (χ1n) is 7.82. The van der Waals surface area contributed by atoms with Gasteiger partial charge < -0.3 is 15.7 Å². The quantitative estimate of drug-likeness (QED) is 0.361. The van der Waals surface area contributed by atoms with Gasteiger partial charge in [-0.1, -0.05) is 18.0 Å². The van der Waals surface area contributed by atoms with E-state index < -0.39 is 5.60 Å². The van der Waals surface area contributed by atoms with Crippen molar-refractivity contribution in [1.29, 1.82) is 0 Å². The molecule has 0 aromatic heterocycles. The fraction of sp³-hybridized carbons (Fsp3) is 0.867. The van der Waals surface area contributed by atoms with Crippen LogP contribution in [0, 0.1) is 5.92 Å². The van der Waals surface area contributed by atoms with Crippen molar-refractivity contribution in [1.82, 2.24) is 4.90 Å². The molecule has 0 radical (unpaired) electrons. The number of nitrogens with zero attached hydrogens (tertiary/aromatic N) is 2. The third-order valence-corrected chi connectivity index (χ3v) is 4.11. The van der Waals surface area contributed by atoms with Crippen molar-refractivity contribution in [2.75, 3.05) is 0 Å². The van der Waals surface area contributed by atoms with E-state index in [2.05, 4.69) is 5.16 Å². The summed E-state index contributed by atoms with van der Waals surface area (Å²) in [5.41, 5.74) is 5.37. The van der Waals surface area contributed by atoms with Crippen LogP contribution in [0.5, 0.6) is 0 Å². The molecule has 6 heteroatoms. The predicted molar refractivity (Wildman–Crippen MR) is 80.2 cm³/mol. The summed E-state index contributed by atoms with van der Waals surface area (Å²) in [7, 11) is 0. The standard InChI is InChI=1S/C15H27N3O3/c1-15(2,3)21-14(19)18(11-8-9-11)12(13(16)17-20)10-6-4-5-7-10/h10-12,20H,4-9H2,1-3H3,(H2,16,17)/t12-/m0/s1. The topological polar surface area (TPSA) is 88.2 Å². The summed E-state index contributed by atoms with van der Waals surface area (Å²) in [5, 5.41) is 12.3. The summed E-state index contributed by atoms with van der Waals surface area (Å²) in [6.45, 7) is 5.55. The van der Waals surface area contributed by atoms with E-state index in [1.54, 1.807) is 4.90 Å². The molecule has 0 aromatic rings. The van der Waals surface area contributed by atoms with Gasteiger partial charge >= 0.3 is 6.09 Å². The summed E-state index contributed by atoms with van der Waals surface area (Å²) < 4.78 is 5.53. The molecule has 2 rings (SSSR count). The average molecular weight is 297 g/mol. The minimum Gasteiger partial charge on any atom is -0.444 e. The van der Waals surface area contributed by atoms with Gasteiger partial charge in [0.2, 0.25) is 0 Å². The van der Waals surface area contributed by atoms with Crippen molar-refractivity contribution < 1.29 is 14.7 Å². The molecule has 2 saturated carbocycles. The number of amides is 1. The Labute approximate surface area is 126 Å². The van der Waals surface area contributed by atoms with Gasteiger partial charge in [0.1, 0.15) is 5.60 Å². The second-order valence-corrected chi connectivity index (χ2v) is 7.13. The van der Waals surface area contributed by atoms with Crippen LogP contribution in [0.3, 0.4) is 0 Å². The molecule has 2 aliphatic carbocycles. The molecule has 0 spiro atoms. The zero-order chi connectivity index (χ0) is 15.6. The highest BCUT2D eigenvalue weighted by Gasteiger charge is 2.44. The first kappa shape index (κ1) is 15.9. The van der Waals surface area contributed by atoms with E-state index in [1.807, 2.05) is 20.8 Å². The summed E-state index contributed by atoms with van der Waals surface area (Å²) >= 11 is 0. The van der Waals surface area contributed by atoms with Crippen molar-refractivity contribution in [3.05, 3.63) is 0 Å². The summed E-state index contributed by atoms with van der Waals surface area (Å²) in [6, 6.07) is -0.189. The lowest BCUT2D eigenvalue weighted by Crippen LogP contribution is -2.53. The molecule has 6 nitrogen and oxygen atoms in total. The summed E-state index contributed by atoms with van der Waals surface area (Å²) in [5.74, 6) is 0.383. The van der Waals surface area contributed by atoms with Gasteiger partial charge in [0.25, 0.3) is 0 Å². The molecule has 1 atom stereocenters. The van der Waals surface area contributed by atoms with Crippen LogP contribution >= 0.6 is 0 Å². The lowest BCUT2D eigenvalue weighted by molar-refractivity contribution is 0.0145. The summed E-state index contributed by atoms with van der Waals surface area (Å²) in [4.78, 5) is 14.3. The van der Waals surface area contributed by atoms with Crippen molar-refractivity contribution in [3.8, 4) is 0 Å². The number of ether oxygens (including phenoxy) is 1. The smallest absolute Gasteiger partial charge is 0.411 e. The Balaban J connectivity index is 2.21. The van der Waals surface area contributed by atoms with Crippen LogP contribution in [0.4, 0.5) is 4.79 Å². The van der Waals surface area contributed by atoms with Crippen LogP contribution in [0.15, 0.2) is 5.16 Å². The van der Waals surface area contributed by atoms with E-state index >= 15 is 0 Å². The Bertz CT molecular complexity index is 407. The molecule has 0 aliphatic heterocycles. The molecule has 120 valence electrons. The number of hydrogen-bond acceptors (Lipinski definition) is 4. The number of amidine groups is 1. The van der Waals surface area contributed by atoms with Crippen molar-refractivity contribution in [2.24, 2.45) is 16.8 Å². The molecule has 2 fully saturated rings. The van der Waals surface area contributed by atoms with E-state index in [-0.39, 0.29) is 29.9 Å². The maximum absolute atomic E-state index is 12.6. The van der Waals surface area contributed by atoms with E-state index in [0.29, 0.717) is 0 Å². The lowest BCUT2D eigenvalue weighted by atomic mass is 9.95. The first-order chi connectivity index (χ1) is 9.83. The molecule has 2 aliphatic rings. The van der Waals surface area contributed by atoms with Gasteiger partial charge in [0.05, 0.1) is 6.04 Å². The van der Waals surface area contributed by atoms with Crippen molar-refractivity contribution in [2.45, 2.75) is 77.0 Å². The Hall–Kier alpha value is -1.46. The van der Waals surface area contributed by atoms with E-state index in [9.17, 15) is 4.79 Å². The van der Waals surface area contributed by atoms with Crippen LogP contribution < -0.4 is 5.73 Å². The Kier molecular flexibility index (Phi) is 4.64. The molecule has 0 saturated heterocycles. The number of oxime groups is 1. The van der Waals surface area contributed by atoms with E-state index in [4.69, 9.17) is 15.7 Å².